The number of phenols is 1. The van der Waals surface area contributed by atoms with Crippen molar-refractivity contribution in [1.82, 2.24) is 0 Å². The van der Waals surface area contributed by atoms with E-state index in [1.165, 1.54) is 15.3 Å². The quantitative estimate of drug-likeness (QED) is 0.736. The summed E-state index contributed by atoms with van der Waals surface area (Å²) in [6, 6.07) is 9.54. The third kappa shape index (κ3) is 1.94. The first kappa shape index (κ1) is 10.4. The van der Waals surface area contributed by atoms with Crippen molar-refractivity contribution < 1.29 is 9.52 Å². The van der Waals surface area contributed by atoms with Gasteiger partial charge in [-0.3, -0.25) is 0 Å². The van der Waals surface area contributed by atoms with Gasteiger partial charge in [0.2, 0.25) is 0 Å². The first-order chi connectivity index (χ1) is 8.22. The number of fused-ring (bicyclic) bond motifs is 1. The maximum absolute atomic E-state index is 9.37. The van der Waals surface area contributed by atoms with Crippen molar-refractivity contribution in [3.8, 4) is 5.75 Å². The Kier molecular flexibility index (Phi) is 2.41. The summed E-state index contributed by atoms with van der Waals surface area (Å²) in [4.78, 5) is 2.66. The molecule has 0 radical (unpaired) electrons. The summed E-state index contributed by atoms with van der Waals surface area (Å²) in [6.07, 6.45) is 2.66. The standard InChI is InChI=1S/C14H12O2S/c1-9-2-4-12(17-9)6-10-8-16-14-7-11(15)3-5-13(10)14/h2-5,7-8,15H,6H2,1H3. The van der Waals surface area contributed by atoms with E-state index < -0.39 is 0 Å². The van der Waals surface area contributed by atoms with Crippen LogP contribution in [0.15, 0.2) is 41.0 Å². The summed E-state index contributed by atoms with van der Waals surface area (Å²) < 4.78 is 5.45. The zero-order valence-electron chi connectivity index (χ0n) is 9.43. The number of furan rings is 1. The Hall–Kier alpha value is -1.74. The summed E-state index contributed by atoms with van der Waals surface area (Å²) in [7, 11) is 0. The number of aromatic hydroxyl groups is 1. The van der Waals surface area contributed by atoms with Gasteiger partial charge in [0.05, 0.1) is 6.26 Å². The third-order valence-electron chi connectivity index (χ3n) is 2.80. The Bertz CT molecular complexity index is 664. The number of rotatable bonds is 2. The monoisotopic (exact) mass is 244 g/mol. The van der Waals surface area contributed by atoms with Gasteiger partial charge in [0.1, 0.15) is 11.3 Å². The van der Waals surface area contributed by atoms with Crippen LogP contribution in [0.4, 0.5) is 0 Å². The number of hydrogen-bond donors (Lipinski definition) is 1. The van der Waals surface area contributed by atoms with E-state index in [0.717, 1.165) is 17.4 Å². The van der Waals surface area contributed by atoms with Crippen molar-refractivity contribution in [2.75, 3.05) is 0 Å². The summed E-state index contributed by atoms with van der Waals surface area (Å²) in [5, 5.41) is 10.5. The van der Waals surface area contributed by atoms with Gasteiger partial charge >= 0.3 is 0 Å². The molecule has 86 valence electrons. The number of phenolic OH excluding ortho intramolecular Hbond substituents is 1. The molecule has 2 nitrogen and oxygen atoms in total. The molecule has 0 amide bonds. The molecule has 0 atom stereocenters. The molecular formula is C14H12O2S. The normalized spacial score (nSPS) is 11.1. The highest BCUT2D eigenvalue weighted by atomic mass is 32.1. The lowest BCUT2D eigenvalue weighted by Gasteiger charge is -1.95. The van der Waals surface area contributed by atoms with Gasteiger partial charge in [-0.15, -0.1) is 11.3 Å². The van der Waals surface area contributed by atoms with Crippen molar-refractivity contribution in [3.05, 3.63) is 51.9 Å². The summed E-state index contributed by atoms with van der Waals surface area (Å²) >= 11 is 1.81. The van der Waals surface area contributed by atoms with Gasteiger partial charge in [-0.2, -0.15) is 0 Å². The SMILES string of the molecule is Cc1ccc(Cc2coc3cc(O)ccc23)s1. The maximum Gasteiger partial charge on any atom is 0.137 e. The number of aryl methyl sites for hydroxylation is 1. The molecule has 0 spiro atoms. The highest BCUT2D eigenvalue weighted by Crippen LogP contribution is 2.28. The van der Waals surface area contributed by atoms with E-state index in [1.54, 1.807) is 29.7 Å². The lowest BCUT2D eigenvalue weighted by molar-refractivity contribution is 0.474. The molecule has 0 saturated carbocycles. The van der Waals surface area contributed by atoms with Gasteiger partial charge in [0.25, 0.3) is 0 Å². The lowest BCUT2D eigenvalue weighted by Crippen LogP contribution is -1.81. The number of thiophene rings is 1. The van der Waals surface area contributed by atoms with Crippen LogP contribution in [0, 0.1) is 6.92 Å². The van der Waals surface area contributed by atoms with E-state index in [-0.39, 0.29) is 5.75 Å². The Morgan fingerprint density at radius 1 is 1.24 bits per heavy atom. The van der Waals surface area contributed by atoms with E-state index >= 15 is 0 Å². The van der Waals surface area contributed by atoms with Crippen LogP contribution >= 0.6 is 11.3 Å². The van der Waals surface area contributed by atoms with E-state index in [1.807, 2.05) is 6.07 Å². The van der Waals surface area contributed by atoms with Crippen molar-refractivity contribution in [2.45, 2.75) is 13.3 Å². The molecule has 2 heterocycles. The Morgan fingerprint density at radius 2 is 2.12 bits per heavy atom. The molecule has 3 rings (SSSR count). The van der Waals surface area contributed by atoms with E-state index in [4.69, 9.17) is 4.42 Å². The smallest absolute Gasteiger partial charge is 0.137 e. The van der Waals surface area contributed by atoms with Gasteiger partial charge in [-0.1, -0.05) is 0 Å². The maximum atomic E-state index is 9.37. The Labute approximate surface area is 103 Å². The van der Waals surface area contributed by atoms with Crippen molar-refractivity contribution in [1.29, 1.82) is 0 Å². The summed E-state index contributed by atoms with van der Waals surface area (Å²) in [5.41, 5.74) is 1.91. The van der Waals surface area contributed by atoms with Crippen molar-refractivity contribution in [3.63, 3.8) is 0 Å². The minimum absolute atomic E-state index is 0.241. The molecule has 1 aromatic carbocycles. The molecule has 17 heavy (non-hydrogen) atoms. The van der Waals surface area contributed by atoms with Gasteiger partial charge < -0.3 is 9.52 Å². The number of benzene rings is 1. The van der Waals surface area contributed by atoms with Crippen LogP contribution in [-0.2, 0) is 6.42 Å². The number of hydrogen-bond acceptors (Lipinski definition) is 3. The van der Waals surface area contributed by atoms with Crippen LogP contribution in [0.5, 0.6) is 5.75 Å². The second kappa shape index (κ2) is 3.93. The molecule has 0 saturated heterocycles. The molecule has 0 aliphatic carbocycles. The van der Waals surface area contributed by atoms with Crippen LogP contribution in [0.2, 0.25) is 0 Å². The summed E-state index contributed by atoms with van der Waals surface area (Å²) in [5.74, 6) is 0.241. The fourth-order valence-corrected chi connectivity index (χ4v) is 2.89. The fourth-order valence-electron chi connectivity index (χ4n) is 1.98. The molecule has 0 unspecified atom stereocenters. The van der Waals surface area contributed by atoms with E-state index in [9.17, 15) is 5.11 Å². The molecule has 0 fully saturated rings. The topological polar surface area (TPSA) is 33.4 Å². The average molecular weight is 244 g/mol. The Balaban J connectivity index is 2.00. The first-order valence-electron chi connectivity index (χ1n) is 5.47. The molecule has 0 aliphatic heterocycles. The van der Waals surface area contributed by atoms with E-state index in [2.05, 4.69) is 19.1 Å². The van der Waals surface area contributed by atoms with Crippen molar-refractivity contribution in [2.24, 2.45) is 0 Å². The highest BCUT2D eigenvalue weighted by molar-refractivity contribution is 7.11. The fraction of sp³-hybridized carbons (Fsp3) is 0.143. The average Bonchev–Trinajstić information content (AvgIpc) is 2.86. The van der Waals surface area contributed by atoms with Crippen molar-refractivity contribution >= 4 is 22.3 Å². The predicted octanol–water partition coefficient (Wildman–Crippen LogP) is 4.10. The van der Waals surface area contributed by atoms with Gasteiger partial charge in [0, 0.05) is 33.2 Å². The minimum Gasteiger partial charge on any atom is -0.508 e. The van der Waals surface area contributed by atoms with E-state index in [0.29, 0.717) is 0 Å². The second-order valence-electron chi connectivity index (χ2n) is 4.13. The van der Waals surface area contributed by atoms with Gasteiger partial charge in [-0.05, 0) is 31.2 Å². The molecule has 3 heteroatoms. The highest BCUT2D eigenvalue weighted by Gasteiger charge is 2.08. The largest absolute Gasteiger partial charge is 0.508 e. The zero-order chi connectivity index (χ0) is 11.8. The van der Waals surface area contributed by atoms with Crippen LogP contribution < -0.4 is 0 Å². The zero-order valence-corrected chi connectivity index (χ0v) is 10.3. The summed E-state index contributed by atoms with van der Waals surface area (Å²) in [6.45, 7) is 2.11. The molecule has 2 aromatic heterocycles. The van der Waals surface area contributed by atoms with Gasteiger partial charge in [0.15, 0.2) is 0 Å². The van der Waals surface area contributed by atoms with Crippen LogP contribution in [0.1, 0.15) is 15.3 Å². The van der Waals surface area contributed by atoms with Crippen LogP contribution in [-0.4, -0.2) is 5.11 Å². The third-order valence-corrected chi connectivity index (χ3v) is 3.80. The first-order valence-corrected chi connectivity index (χ1v) is 6.28. The molecule has 3 aromatic rings. The molecule has 0 bridgehead atoms. The van der Waals surface area contributed by atoms with Crippen LogP contribution in [0.3, 0.4) is 0 Å². The molecule has 1 N–H and O–H groups in total. The van der Waals surface area contributed by atoms with Gasteiger partial charge in [-0.25, -0.2) is 0 Å². The molecule has 0 aliphatic rings. The second-order valence-corrected chi connectivity index (χ2v) is 5.50. The molecular weight excluding hydrogens is 232 g/mol. The lowest BCUT2D eigenvalue weighted by atomic mass is 10.1. The minimum atomic E-state index is 0.241. The Morgan fingerprint density at radius 3 is 2.88 bits per heavy atom. The van der Waals surface area contributed by atoms with Crippen LogP contribution in [0.25, 0.3) is 11.0 Å². The predicted molar refractivity (Wildman–Crippen MR) is 69.7 cm³/mol.